The fraction of sp³-hybridized carbons (Fsp3) is 0.800. The van der Waals surface area contributed by atoms with Crippen molar-refractivity contribution in [3.05, 3.63) is 0 Å². The second-order valence-electron chi connectivity index (χ2n) is 6.10. The monoisotopic (exact) mass is 273 g/mol. The smallest absolute Gasteiger partial charge is 0.304 e. The van der Waals surface area contributed by atoms with Crippen molar-refractivity contribution < 1.29 is 8.85 Å². The molecule has 0 aromatic rings. The SMILES string of the molecule is CN1CN=C(O[Si](C)(C)C)N=C1O[Si](C)(C)C. The Morgan fingerprint density at radius 3 is 2.00 bits per heavy atom. The second-order valence-corrected chi connectivity index (χ2v) is 15.0. The van der Waals surface area contributed by atoms with E-state index in [0.29, 0.717) is 18.7 Å². The Hall–Kier alpha value is -0.826. The van der Waals surface area contributed by atoms with Crippen LogP contribution >= 0.6 is 0 Å². The molecule has 0 atom stereocenters. The molecule has 0 fully saturated rings. The van der Waals surface area contributed by atoms with E-state index < -0.39 is 16.6 Å². The fourth-order valence-electron chi connectivity index (χ4n) is 1.13. The quantitative estimate of drug-likeness (QED) is 0.725. The maximum Gasteiger partial charge on any atom is 0.304 e. The number of aliphatic imine (C=N–C) groups is 2. The van der Waals surface area contributed by atoms with E-state index in [1.54, 1.807) is 0 Å². The molecular formula is C10H23N3O2Si2. The van der Waals surface area contributed by atoms with Crippen LogP contribution < -0.4 is 0 Å². The van der Waals surface area contributed by atoms with E-state index in [4.69, 9.17) is 8.85 Å². The minimum Gasteiger partial charge on any atom is -0.519 e. The number of nitrogens with zero attached hydrogens (tertiary/aromatic N) is 3. The molecule has 0 saturated carbocycles. The molecule has 17 heavy (non-hydrogen) atoms. The van der Waals surface area contributed by atoms with E-state index in [2.05, 4.69) is 49.3 Å². The third-order valence-electron chi connectivity index (χ3n) is 1.73. The van der Waals surface area contributed by atoms with Crippen molar-refractivity contribution in [3.63, 3.8) is 0 Å². The first kappa shape index (κ1) is 14.2. The van der Waals surface area contributed by atoms with Gasteiger partial charge in [-0.25, -0.2) is 4.99 Å². The molecular weight excluding hydrogens is 250 g/mol. The molecule has 0 saturated heterocycles. The standard InChI is InChI=1S/C10H23N3O2Si2/c1-13-8-11-9(14-16(2,3)4)12-10(13)15-17(5,6)7/h8H2,1-7H3. The van der Waals surface area contributed by atoms with Crippen LogP contribution in [0.2, 0.25) is 39.3 Å². The Kier molecular flexibility index (Phi) is 4.03. The van der Waals surface area contributed by atoms with Crippen molar-refractivity contribution in [1.29, 1.82) is 0 Å². The minimum atomic E-state index is -1.66. The summed E-state index contributed by atoms with van der Waals surface area (Å²) >= 11 is 0. The molecule has 0 aromatic carbocycles. The van der Waals surface area contributed by atoms with Gasteiger partial charge in [0.15, 0.2) is 0 Å². The Balaban J connectivity index is 2.78. The third-order valence-corrected chi connectivity index (χ3v) is 3.32. The summed E-state index contributed by atoms with van der Waals surface area (Å²) in [4.78, 5) is 10.5. The molecule has 0 unspecified atom stereocenters. The lowest BCUT2D eigenvalue weighted by Crippen LogP contribution is -2.42. The van der Waals surface area contributed by atoms with E-state index in [1.807, 2.05) is 11.9 Å². The van der Waals surface area contributed by atoms with E-state index >= 15 is 0 Å². The van der Waals surface area contributed by atoms with Crippen LogP contribution in [0.5, 0.6) is 0 Å². The highest BCUT2D eigenvalue weighted by molar-refractivity contribution is 6.72. The van der Waals surface area contributed by atoms with Gasteiger partial charge in [-0.2, -0.15) is 0 Å². The molecule has 0 radical (unpaired) electrons. The Morgan fingerprint density at radius 1 is 1.00 bits per heavy atom. The van der Waals surface area contributed by atoms with Crippen LogP contribution in [0, 0.1) is 0 Å². The van der Waals surface area contributed by atoms with Crippen LogP contribution in [-0.2, 0) is 8.85 Å². The highest BCUT2D eigenvalue weighted by Gasteiger charge is 2.26. The predicted molar refractivity (Wildman–Crippen MR) is 76.4 cm³/mol. The fourth-order valence-corrected chi connectivity index (χ4v) is 2.54. The molecule has 0 spiro atoms. The summed E-state index contributed by atoms with van der Waals surface area (Å²) in [5, 5.41) is 0. The number of hydrogen-bond acceptors (Lipinski definition) is 5. The lowest BCUT2D eigenvalue weighted by Gasteiger charge is -2.29. The zero-order valence-corrected chi connectivity index (χ0v) is 13.9. The lowest BCUT2D eigenvalue weighted by molar-refractivity contribution is 0.376. The van der Waals surface area contributed by atoms with Gasteiger partial charge in [0, 0.05) is 7.05 Å². The van der Waals surface area contributed by atoms with Gasteiger partial charge in [-0.3, -0.25) is 0 Å². The van der Waals surface area contributed by atoms with Crippen molar-refractivity contribution in [1.82, 2.24) is 4.90 Å². The van der Waals surface area contributed by atoms with Crippen molar-refractivity contribution in [2.75, 3.05) is 13.7 Å². The van der Waals surface area contributed by atoms with Crippen LogP contribution in [0.15, 0.2) is 9.98 Å². The van der Waals surface area contributed by atoms with Crippen LogP contribution in [0.1, 0.15) is 0 Å². The Bertz CT molecular complexity index is 342. The molecule has 1 heterocycles. The number of amidine groups is 2. The van der Waals surface area contributed by atoms with Gasteiger partial charge in [-0.15, -0.1) is 4.99 Å². The van der Waals surface area contributed by atoms with Crippen LogP contribution in [0.25, 0.3) is 0 Å². The van der Waals surface area contributed by atoms with Crippen molar-refractivity contribution in [2.24, 2.45) is 9.98 Å². The molecule has 0 aliphatic carbocycles. The van der Waals surface area contributed by atoms with Gasteiger partial charge in [0.25, 0.3) is 6.02 Å². The highest BCUT2D eigenvalue weighted by Crippen LogP contribution is 2.12. The van der Waals surface area contributed by atoms with E-state index in [-0.39, 0.29) is 0 Å². The largest absolute Gasteiger partial charge is 0.519 e. The molecule has 0 amide bonds. The first-order valence-electron chi connectivity index (χ1n) is 5.79. The Morgan fingerprint density at radius 2 is 1.53 bits per heavy atom. The van der Waals surface area contributed by atoms with E-state index in [0.717, 1.165) is 0 Å². The topological polar surface area (TPSA) is 46.4 Å². The summed E-state index contributed by atoms with van der Waals surface area (Å²) in [7, 11) is -1.38. The molecule has 0 bridgehead atoms. The molecule has 0 aromatic heterocycles. The summed E-state index contributed by atoms with van der Waals surface area (Å²) in [5.74, 6) is 0. The first-order valence-corrected chi connectivity index (χ1v) is 12.6. The molecule has 98 valence electrons. The first-order chi connectivity index (χ1) is 7.57. The molecule has 1 aliphatic heterocycles. The van der Waals surface area contributed by atoms with E-state index in [9.17, 15) is 0 Å². The van der Waals surface area contributed by atoms with E-state index in [1.165, 1.54) is 0 Å². The molecule has 7 heteroatoms. The summed E-state index contributed by atoms with van der Waals surface area (Å²) in [6.07, 6.45) is 0. The highest BCUT2D eigenvalue weighted by atomic mass is 28.4. The lowest BCUT2D eigenvalue weighted by atomic mass is 10.7. The average Bonchev–Trinajstić information content (AvgIpc) is 2.05. The van der Waals surface area contributed by atoms with Gasteiger partial charge in [0.1, 0.15) is 6.67 Å². The molecule has 0 N–H and O–H groups in total. The van der Waals surface area contributed by atoms with Gasteiger partial charge in [0.2, 0.25) is 16.6 Å². The van der Waals surface area contributed by atoms with Gasteiger partial charge >= 0.3 is 6.02 Å². The normalized spacial score (nSPS) is 17.5. The summed E-state index contributed by atoms with van der Waals surface area (Å²) < 4.78 is 11.7. The Labute approximate surface area is 106 Å². The minimum absolute atomic E-state index is 0.468. The van der Waals surface area contributed by atoms with Gasteiger partial charge < -0.3 is 13.8 Å². The van der Waals surface area contributed by atoms with Gasteiger partial charge in [-0.1, -0.05) is 0 Å². The third kappa shape index (κ3) is 5.36. The zero-order valence-electron chi connectivity index (χ0n) is 11.9. The van der Waals surface area contributed by atoms with Crippen molar-refractivity contribution in [3.8, 4) is 0 Å². The van der Waals surface area contributed by atoms with Gasteiger partial charge in [0.05, 0.1) is 0 Å². The maximum absolute atomic E-state index is 5.91. The number of rotatable bonds is 2. The summed E-state index contributed by atoms with van der Waals surface area (Å²) in [5.41, 5.74) is 0. The predicted octanol–water partition coefficient (Wildman–Crippen LogP) is 2.30. The summed E-state index contributed by atoms with van der Waals surface area (Å²) in [6.45, 7) is 13.3. The van der Waals surface area contributed by atoms with Gasteiger partial charge in [-0.05, 0) is 39.3 Å². The molecule has 1 aliphatic rings. The molecule has 1 rings (SSSR count). The summed E-state index contributed by atoms with van der Waals surface area (Å²) in [6, 6.07) is 1.10. The van der Waals surface area contributed by atoms with Crippen LogP contribution in [0.3, 0.4) is 0 Å². The van der Waals surface area contributed by atoms with Crippen molar-refractivity contribution in [2.45, 2.75) is 39.3 Å². The number of hydrogen-bond donors (Lipinski definition) is 0. The molecule has 5 nitrogen and oxygen atoms in total. The van der Waals surface area contributed by atoms with Crippen LogP contribution in [-0.4, -0.2) is 47.3 Å². The van der Waals surface area contributed by atoms with Crippen molar-refractivity contribution >= 4 is 28.7 Å². The average molecular weight is 273 g/mol. The van der Waals surface area contributed by atoms with Crippen LogP contribution in [0.4, 0.5) is 0 Å². The second kappa shape index (κ2) is 4.81. The zero-order chi connectivity index (χ0) is 13.3. The maximum atomic E-state index is 5.91.